The first-order valence-corrected chi connectivity index (χ1v) is 8.50. The van der Waals surface area contributed by atoms with Gasteiger partial charge in [-0.15, -0.1) is 11.3 Å². The summed E-state index contributed by atoms with van der Waals surface area (Å²) < 4.78 is 36.8. The predicted molar refractivity (Wildman–Crippen MR) is 90.3 cm³/mol. The van der Waals surface area contributed by atoms with Crippen molar-refractivity contribution >= 4 is 17.3 Å². The van der Waals surface area contributed by atoms with Crippen LogP contribution in [0.3, 0.4) is 0 Å². The molecule has 0 bridgehead atoms. The molecular weight excluding hydrogens is 325 g/mol. The summed E-state index contributed by atoms with van der Waals surface area (Å²) in [7, 11) is 1.46. The number of thiophene rings is 1. The number of halogens is 3. The van der Waals surface area contributed by atoms with Crippen LogP contribution in [0.4, 0.5) is 13.2 Å². The van der Waals surface area contributed by atoms with Crippen LogP contribution in [-0.2, 0) is 0 Å². The van der Waals surface area contributed by atoms with Crippen molar-refractivity contribution in [2.24, 2.45) is 4.99 Å². The molecule has 0 aliphatic rings. The molecule has 1 aromatic rings. The van der Waals surface area contributed by atoms with Gasteiger partial charge in [0.15, 0.2) is 5.96 Å². The molecule has 0 aliphatic carbocycles. The van der Waals surface area contributed by atoms with Crippen molar-refractivity contribution in [3.05, 3.63) is 22.4 Å². The number of alkyl halides is 3. The Bertz CT molecular complexity index is 460. The zero-order chi connectivity index (χ0) is 17.3. The summed E-state index contributed by atoms with van der Waals surface area (Å²) in [6, 6.07) is 4.09. The molecule has 132 valence electrons. The highest BCUT2D eigenvalue weighted by Gasteiger charge is 2.28. The SMILES string of the molecule is CCNC(=NCC(C)c1cccs1)NCCN(C)CC(F)(F)F. The maximum Gasteiger partial charge on any atom is 0.401 e. The first-order chi connectivity index (χ1) is 10.8. The number of likely N-dealkylation sites (N-methyl/N-ethyl adjacent to an activating group) is 1. The van der Waals surface area contributed by atoms with E-state index in [-0.39, 0.29) is 0 Å². The minimum atomic E-state index is -4.16. The van der Waals surface area contributed by atoms with Crippen LogP contribution in [0.2, 0.25) is 0 Å². The molecule has 0 spiro atoms. The van der Waals surface area contributed by atoms with Crippen LogP contribution in [0.25, 0.3) is 0 Å². The van der Waals surface area contributed by atoms with E-state index < -0.39 is 12.7 Å². The summed E-state index contributed by atoms with van der Waals surface area (Å²) in [5.74, 6) is 0.953. The Morgan fingerprint density at radius 3 is 2.70 bits per heavy atom. The van der Waals surface area contributed by atoms with Gasteiger partial charge in [0.1, 0.15) is 0 Å². The van der Waals surface area contributed by atoms with Gasteiger partial charge in [-0.1, -0.05) is 13.0 Å². The molecule has 8 heteroatoms. The summed E-state index contributed by atoms with van der Waals surface area (Å²) in [4.78, 5) is 7.01. The van der Waals surface area contributed by atoms with Crippen LogP contribution in [-0.4, -0.2) is 56.8 Å². The molecule has 0 amide bonds. The first-order valence-electron chi connectivity index (χ1n) is 7.62. The normalized spacial score (nSPS) is 14.1. The first kappa shape index (κ1) is 19.8. The summed E-state index contributed by atoms with van der Waals surface area (Å²) in [5.41, 5.74) is 0. The molecule has 1 aromatic heterocycles. The van der Waals surface area contributed by atoms with Crippen LogP contribution in [0.15, 0.2) is 22.5 Å². The summed E-state index contributed by atoms with van der Waals surface area (Å²) >= 11 is 1.70. The number of nitrogens with one attached hydrogen (secondary N) is 2. The number of guanidine groups is 1. The van der Waals surface area contributed by atoms with Gasteiger partial charge in [-0.25, -0.2) is 0 Å². The standard InChI is InChI=1S/C15H25F3N4S/c1-4-19-14(20-7-8-22(3)11-15(16,17)18)21-10-12(2)13-6-5-9-23-13/h5-6,9,12H,4,7-8,10-11H2,1-3H3,(H2,19,20,21). The molecule has 0 fully saturated rings. The molecule has 0 aromatic carbocycles. The van der Waals surface area contributed by atoms with E-state index in [1.807, 2.05) is 18.4 Å². The molecule has 1 heterocycles. The average molecular weight is 350 g/mol. The third kappa shape index (κ3) is 8.80. The lowest BCUT2D eigenvalue weighted by atomic mass is 10.1. The van der Waals surface area contributed by atoms with Crippen LogP contribution >= 0.6 is 11.3 Å². The molecule has 1 unspecified atom stereocenters. The van der Waals surface area contributed by atoms with Crippen LogP contribution < -0.4 is 10.6 Å². The molecule has 0 aliphatic heterocycles. The van der Waals surface area contributed by atoms with Gasteiger partial charge in [-0.05, 0) is 25.4 Å². The molecule has 4 nitrogen and oxygen atoms in total. The number of hydrogen-bond acceptors (Lipinski definition) is 3. The van der Waals surface area contributed by atoms with E-state index in [4.69, 9.17) is 0 Å². The van der Waals surface area contributed by atoms with Crippen molar-refractivity contribution < 1.29 is 13.2 Å². The number of hydrogen-bond donors (Lipinski definition) is 2. The second kappa shape index (κ2) is 9.77. The number of rotatable bonds is 8. The Morgan fingerprint density at radius 2 is 2.13 bits per heavy atom. The quantitative estimate of drug-likeness (QED) is 0.559. The Morgan fingerprint density at radius 1 is 1.39 bits per heavy atom. The molecule has 0 saturated carbocycles. The van der Waals surface area contributed by atoms with E-state index in [0.29, 0.717) is 38.1 Å². The lowest BCUT2D eigenvalue weighted by molar-refractivity contribution is -0.142. The Labute approximate surface area is 139 Å². The monoisotopic (exact) mass is 350 g/mol. The average Bonchev–Trinajstić information content (AvgIpc) is 2.96. The third-order valence-corrected chi connectivity index (χ3v) is 4.24. The fourth-order valence-electron chi connectivity index (χ4n) is 1.98. The van der Waals surface area contributed by atoms with Crippen LogP contribution in [0.1, 0.15) is 24.6 Å². The lowest BCUT2D eigenvalue weighted by Crippen LogP contribution is -2.42. The Balaban J connectivity index is 2.40. The van der Waals surface area contributed by atoms with Crippen molar-refractivity contribution in [2.75, 3.05) is 39.8 Å². The fourth-order valence-corrected chi connectivity index (χ4v) is 2.76. The highest BCUT2D eigenvalue weighted by atomic mass is 32.1. The molecule has 0 radical (unpaired) electrons. The van der Waals surface area contributed by atoms with Gasteiger partial charge >= 0.3 is 6.18 Å². The van der Waals surface area contributed by atoms with E-state index in [1.165, 1.54) is 16.8 Å². The van der Waals surface area contributed by atoms with Crippen molar-refractivity contribution in [1.29, 1.82) is 0 Å². The van der Waals surface area contributed by atoms with Gasteiger partial charge in [-0.2, -0.15) is 13.2 Å². The van der Waals surface area contributed by atoms with Crippen molar-refractivity contribution in [2.45, 2.75) is 25.9 Å². The number of aliphatic imine (C=N–C) groups is 1. The van der Waals surface area contributed by atoms with E-state index in [2.05, 4.69) is 28.6 Å². The van der Waals surface area contributed by atoms with Crippen molar-refractivity contribution in [1.82, 2.24) is 15.5 Å². The van der Waals surface area contributed by atoms with Crippen LogP contribution in [0.5, 0.6) is 0 Å². The van der Waals surface area contributed by atoms with Crippen molar-refractivity contribution in [3.8, 4) is 0 Å². The lowest BCUT2D eigenvalue weighted by Gasteiger charge is -2.19. The van der Waals surface area contributed by atoms with E-state index in [1.54, 1.807) is 11.3 Å². The van der Waals surface area contributed by atoms with E-state index in [0.717, 1.165) is 0 Å². The summed E-state index contributed by atoms with van der Waals surface area (Å²) in [6.45, 7) is 5.20. The Hall–Kier alpha value is -1.28. The smallest absolute Gasteiger partial charge is 0.357 e. The minimum absolute atomic E-state index is 0.296. The van der Waals surface area contributed by atoms with Gasteiger partial charge in [0.05, 0.1) is 13.1 Å². The maximum absolute atomic E-state index is 12.3. The molecule has 1 atom stereocenters. The van der Waals surface area contributed by atoms with Gasteiger partial charge in [0.2, 0.25) is 0 Å². The predicted octanol–water partition coefficient (Wildman–Crippen LogP) is 2.90. The second-order valence-corrected chi connectivity index (χ2v) is 6.40. The summed E-state index contributed by atoms with van der Waals surface area (Å²) in [6.07, 6.45) is -4.16. The molecule has 23 heavy (non-hydrogen) atoms. The third-order valence-electron chi connectivity index (χ3n) is 3.13. The highest BCUT2D eigenvalue weighted by Crippen LogP contribution is 2.20. The zero-order valence-electron chi connectivity index (χ0n) is 13.8. The second-order valence-electron chi connectivity index (χ2n) is 5.42. The van der Waals surface area contributed by atoms with Crippen molar-refractivity contribution in [3.63, 3.8) is 0 Å². The Kier molecular flexibility index (Phi) is 8.40. The number of nitrogens with zero attached hydrogens (tertiary/aromatic N) is 2. The summed E-state index contributed by atoms with van der Waals surface area (Å²) in [5, 5.41) is 8.22. The van der Waals surface area contributed by atoms with Gasteiger partial charge in [0, 0.05) is 30.4 Å². The highest BCUT2D eigenvalue weighted by molar-refractivity contribution is 7.10. The van der Waals surface area contributed by atoms with Gasteiger partial charge in [0.25, 0.3) is 0 Å². The largest absolute Gasteiger partial charge is 0.401 e. The van der Waals surface area contributed by atoms with Gasteiger partial charge < -0.3 is 10.6 Å². The van der Waals surface area contributed by atoms with Crippen LogP contribution in [0, 0.1) is 0 Å². The van der Waals surface area contributed by atoms with E-state index >= 15 is 0 Å². The zero-order valence-corrected chi connectivity index (χ0v) is 14.6. The molecule has 1 rings (SSSR count). The van der Waals surface area contributed by atoms with E-state index in [9.17, 15) is 13.2 Å². The minimum Gasteiger partial charge on any atom is -0.357 e. The molecular formula is C15H25F3N4S. The van der Waals surface area contributed by atoms with Gasteiger partial charge in [-0.3, -0.25) is 9.89 Å². The maximum atomic E-state index is 12.3. The molecule has 2 N–H and O–H groups in total. The fraction of sp³-hybridized carbons (Fsp3) is 0.667. The molecule has 0 saturated heterocycles. The topological polar surface area (TPSA) is 39.7 Å².